The number of benzene rings is 1. The molecule has 1 aromatic carbocycles. The van der Waals surface area contributed by atoms with Gasteiger partial charge in [0.05, 0.1) is 5.56 Å². The molecule has 0 saturated carbocycles. The van der Waals surface area contributed by atoms with E-state index in [2.05, 4.69) is 15.0 Å². The molecule has 1 aromatic heterocycles. The zero-order chi connectivity index (χ0) is 14.5. The third-order valence-corrected chi connectivity index (χ3v) is 2.51. The Balaban J connectivity index is 2.21. The van der Waals surface area contributed by atoms with E-state index >= 15 is 0 Å². The van der Waals surface area contributed by atoms with Crippen LogP contribution < -0.4 is 10.1 Å². The van der Waals surface area contributed by atoms with Crippen molar-refractivity contribution >= 4 is 23.3 Å². The summed E-state index contributed by atoms with van der Waals surface area (Å²) < 4.78 is 28.8. The van der Waals surface area contributed by atoms with Crippen molar-refractivity contribution in [3.63, 3.8) is 0 Å². The first-order valence-electron chi connectivity index (χ1n) is 5.54. The molecule has 0 aliphatic heterocycles. The van der Waals surface area contributed by atoms with E-state index in [4.69, 9.17) is 11.6 Å². The highest BCUT2D eigenvalue weighted by Crippen LogP contribution is 2.21. The maximum Gasteiger partial charge on any atom is 0.387 e. The second-order valence-electron chi connectivity index (χ2n) is 3.67. The Kier molecular flexibility index (Phi) is 4.47. The molecule has 20 heavy (non-hydrogen) atoms. The zero-order valence-corrected chi connectivity index (χ0v) is 10.8. The fourth-order valence-corrected chi connectivity index (χ4v) is 1.68. The normalized spacial score (nSPS) is 10.4. The van der Waals surface area contributed by atoms with Gasteiger partial charge in [-0.25, -0.2) is 4.98 Å². The lowest BCUT2D eigenvalue weighted by atomic mass is 10.2. The van der Waals surface area contributed by atoms with Gasteiger partial charge in [0.25, 0.3) is 5.91 Å². The van der Waals surface area contributed by atoms with E-state index in [0.717, 1.165) is 0 Å². The summed E-state index contributed by atoms with van der Waals surface area (Å²) in [5, 5.41) is 2.66. The minimum Gasteiger partial charge on any atom is -0.434 e. The number of anilines is 1. The summed E-state index contributed by atoms with van der Waals surface area (Å²) in [5.41, 5.74) is -0.0189. The number of pyridine rings is 1. The van der Waals surface area contributed by atoms with Gasteiger partial charge in [-0.2, -0.15) is 8.78 Å². The second kappa shape index (κ2) is 6.29. The smallest absolute Gasteiger partial charge is 0.387 e. The van der Waals surface area contributed by atoms with E-state index < -0.39 is 12.5 Å². The maximum absolute atomic E-state index is 12.3. The van der Waals surface area contributed by atoms with Crippen molar-refractivity contribution < 1.29 is 18.3 Å². The maximum atomic E-state index is 12.3. The first kappa shape index (κ1) is 14.2. The van der Waals surface area contributed by atoms with Gasteiger partial charge in [0.15, 0.2) is 0 Å². The molecule has 0 saturated heterocycles. The van der Waals surface area contributed by atoms with E-state index in [1.54, 1.807) is 18.2 Å². The van der Waals surface area contributed by atoms with Gasteiger partial charge in [0, 0.05) is 0 Å². The Morgan fingerprint density at radius 3 is 2.65 bits per heavy atom. The Bertz CT molecular complexity index is 623. The number of hydrogen-bond acceptors (Lipinski definition) is 3. The molecule has 0 aliphatic carbocycles. The molecular weight excluding hydrogens is 290 g/mol. The standard InChI is InChI=1S/C13H9ClF2N2O2/c14-10-6-3-7-11(17-10)18-12(19)8-4-1-2-5-9(8)20-13(15)16/h1-7,13H,(H,17,18,19). The Hall–Kier alpha value is -2.21. The first-order chi connectivity index (χ1) is 9.56. The summed E-state index contributed by atoms with van der Waals surface area (Å²) in [6, 6.07) is 10.4. The minimum atomic E-state index is -3.01. The summed E-state index contributed by atoms with van der Waals surface area (Å²) in [6.45, 7) is -3.01. The van der Waals surface area contributed by atoms with Crippen LogP contribution in [0.5, 0.6) is 5.75 Å². The monoisotopic (exact) mass is 298 g/mol. The van der Waals surface area contributed by atoms with Gasteiger partial charge in [-0.1, -0.05) is 29.8 Å². The molecule has 1 N–H and O–H groups in total. The van der Waals surface area contributed by atoms with E-state index in [0.29, 0.717) is 0 Å². The summed E-state index contributed by atoms with van der Waals surface area (Å²) in [6.07, 6.45) is 0. The van der Waals surface area contributed by atoms with Crippen molar-refractivity contribution in [1.82, 2.24) is 4.98 Å². The first-order valence-corrected chi connectivity index (χ1v) is 5.92. The van der Waals surface area contributed by atoms with Crippen molar-refractivity contribution in [3.05, 3.63) is 53.2 Å². The summed E-state index contributed by atoms with van der Waals surface area (Å²) in [4.78, 5) is 15.9. The SMILES string of the molecule is O=C(Nc1cccc(Cl)n1)c1ccccc1OC(F)F. The molecular formula is C13H9ClF2N2O2. The number of aromatic nitrogens is 1. The molecule has 1 heterocycles. The topological polar surface area (TPSA) is 51.2 Å². The van der Waals surface area contributed by atoms with Gasteiger partial charge in [-0.15, -0.1) is 0 Å². The number of ether oxygens (including phenoxy) is 1. The third kappa shape index (κ3) is 3.64. The van der Waals surface area contributed by atoms with Crippen LogP contribution in [-0.2, 0) is 0 Å². The highest BCUT2D eigenvalue weighted by Gasteiger charge is 2.15. The molecule has 2 rings (SSSR count). The predicted octanol–water partition coefficient (Wildman–Crippen LogP) is 3.59. The van der Waals surface area contributed by atoms with Crippen LogP contribution in [-0.4, -0.2) is 17.5 Å². The number of carbonyl (C=O) groups is 1. The zero-order valence-electron chi connectivity index (χ0n) is 10.0. The Morgan fingerprint density at radius 2 is 1.95 bits per heavy atom. The quantitative estimate of drug-likeness (QED) is 0.878. The fourth-order valence-electron chi connectivity index (χ4n) is 1.51. The molecule has 0 fully saturated rings. The lowest BCUT2D eigenvalue weighted by Crippen LogP contribution is -2.15. The van der Waals surface area contributed by atoms with E-state index in [-0.39, 0.29) is 22.3 Å². The average molecular weight is 299 g/mol. The van der Waals surface area contributed by atoms with Gasteiger partial charge in [-0.05, 0) is 24.3 Å². The Labute approximate surface area is 118 Å². The van der Waals surface area contributed by atoms with Crippen LogP contribution in [0.1, 0.15) is 10.4 Å². The second-order valence-corrected chi connectivity index (χ2v) is 4.06. The number of nitrogens with one attached hydrogen (secondary N) is 1. The highest BCUT2D eigenvalue weighted by molar-refractivity contribution is 6.29. The molecule has 0 aliphatic rings. The van der Waals surface area contributed by atoms with E-state index in [9.17, 15) is 13.6 Å². The molecule has 2 aromatic rings. The van der Waals surface area contributed by atoms with Crippen LogP contribution in [0.25, 0.3) is 0 Å². The molecule has 0 atom stereocenters. The number of amides is 1. The van der Waals surface area contributed by atoms with Gasteiger partial charge in [-0.3, -0.25) is 4.79 Å². The van der Waals surface area contributed by atoms with Crippen LogP contribution in [0.2, 0.25) is 5.15 Å². The number of hydrogen-bond donors (Lipinski definition) is 1. The third-order valence-electron chi connectivity index (χ3n) is 2.30. The fraction of sp³-hybridized carbons (Fsp3) is 0.0769. The molecule has 4 nitrogen and oxygen atoms in total. The average Bonchev–Trinajstić information content (AvgIpc) is 2.38. The molecule has 1 amide bonds. The van der Waals surface area contributed by atoms with Crippen LogP contribution in [0.15, 0.2) is 42.5 Å². The van der Waals surface area contributed by atoms with Crippen LogP contribution in [0, 0.1) is 0 Å². The Morgan fingerprint density at radius 1 is 1.20 bits per heavy atom. The van der Waals surface area contributed by atoms with Crippen LogP contribution in [0.3, 0.4) is 0 Å². The minimum absolute atomic E-state index is 0.0189. The summed E-state index contributed by atoms with van der Waals surface area (Å²) in [7, 11) is 0. The molecule has 104 valence electrons. The van der Waals surface area contributed by atoms with Crippen LogP contribution >= 0.6 is 11.6 Å². The molecule has 0 unspecified atom stereocenters. The van der Waals surface area contributed by atoms with Crippen molar-refractivity contribution in [2.75, 3.05) is 5.32 Å². The predicted molar refractivity (Wildman–Crippen MR) is 70.3 cm³/mol. The number of para-hydroxylation sites is 1. The summed E-state index contributed by atoms with van der Waals surface area (Å²) in [5.74, 6) is -0.604. The molecule has 0 radical (unpaired) electrons. The van der Waals surface area contributed by atoms with Gasteiger partial charge < -0.3 is 10.1 Å². The van der Waals surface area contributed by atoms with Crippen molar-refractivity contribution in [1.29, 1.82) is 0 Å². The van der Waals surface area contributed by atoms with Crippen molar-refractivity contribution in [2.45, 2.75) is 6.61 Å². The van der Waals surface area contributed by atoms with Crippen molar-refractivity contribution in [3.8, 4) is 5.75 Å². The molecule has 0 spiro atoms. The van der Waals surface area contributed by atoms with Gasteiger partial charge >= 0.3 is 6.61 Å². The molecule has 7 heteroatoms. The van der Waals surface area contributed by atoms with Gasteiger partial charge in [0.1, 0.15) is 16.7 Å². The lowest BCUT2D eigenvalue weighted by molar-refractivity contribution is -0.0501. The van der Waals surface area contributed by atoms with Gasteiger partial charge in [0.2, 0.25) is 0 Å². The summed E-state index contributed by atoms with van der Waals surface area (Å²) >= 11 is 5.69. The highest BCUT2D eigenvalue weighted by atomic mass is 35.5. The number of carbonyl (C=O) groups excluding carboxylic acids is 1. The largest absolute Gasteiger partial charge is 0.434 e. The number of alkyl halides is 2. The van der Waals surface area contributed by atoms with E-state index in [1.807, 2.05) is 0 Å². The number of nitrogens with zero attached hydrogens (tertiary/aromatic N) is 1. The number of rotatable bonds is 4. The van der Waals surface area contributed by atoms with Crippen molar-refractivity contribution in [2.24, 2.45) is 0 Å². The number of halogens is 3. The molecule has 0 bridgehead atoms. The lowest BCUT2D eigenvalue weighted by Gasteiger charge is -2.10. The van der Waals surface area contributed by atoms with E-state index in [1.165, 1.54) is 24.3 Å². The van der Waals surface area contributed by atoms with Crippen LogP contribution in [0.4, 0.5) is 14.6 Å².